The Kier molecular flexibility index (Phi) is 5.56. The number of aromatic amines is 1. The van der Waals surface area contributed by atoms with Gasteiger partial charge in [-0.25, -0.2) is 4.90 Å². The zero-order chi connectivity index (χ0) is 20.4. The van der Waals surface area contributed by atoms with Crippen molar-refractivity contribution >= 4 is 40.0 Å². The molecule has 2 N–H and O–H groups in total. The molecule has 1 aliphatic rings. The molecule has 1 unspecified atom stereocenters. The predicted molar refractivity (Wildman–Crippen MR) is 114 cm³/mol. The number of para-hydroxylation sites is 2. The maximum atomic E-state index is 12.9. The fraction of sp³-hybridized carbons (Fsp3) is 0.273. The summed E-state index contributed by atoms with van der Waals surface area (Å²) in [6, 6.07) is 12.3. The molecule has 1 atom stereocenters. The van der Waals surface area contributed by atoms with E-state index in [0.29, 0.717) is 36.0 Å². The van der Waals surface area contributed by atoms with Crippen LogP contribution in [0.3, 0.4) is 0 Å². The Morgan fingerprint density at radius 1 is 1.24 bits per heavy atom. The van der Waals surface area contributed by atoms with Crippen LogP contribution in [0, 0.1) is 0 Å². The van der Waals surface area contributed by atoms with Crippen LogP contribution >= 0.6 is 11.6 Å². The molecule has 2 heterocycles. The average molecular weight is 412 g/mol. The van der Waals surface area contributed by atoms with Gasteiger partial charge < -0.3 is 15.0 Å². The van der Waals surface area contributed by atoms with Crippen LogP contribution in [-0.2, 0) is 16.0 Å². The van der Waals surface area contributed by atoms with E-state index >= 15 is 0 Å². The molecule has 0 spiro atoms. The normalized spacial score (nSPS) is 16.8. The molecule has 4 rings (SSSR count). The second-order valence-corrected chi connectivity index (χ2v) is 7.37. The molecular weight excluding hydrogens is 390 g/mol. The minimum atomic E-state index is -0.536. The van der Waals surface area contributed by atoms with Crippen molar-refractivity contribution in [2.75, 3.05) is 18.1 Å². The van der Waals surface area contributed by atoms with Gasteiger partial charge in [0.15, 0.2) is 0 Å². The maximum absolute atomic E-state index is 12.9. The molecule has 0 radical (unpaired) electrons. The van der Waals surface area contributed by atoms with Gasteiger partial charge in [0.25, 0.3) is 5.91 Å². The second kappa shape index (κ2) is 8.27. The molecule has 29 heavy (non-hydrogen) atoms. The number of nitrogens with zero attached hydrogens (tertiary/aromatic N) is 1. The molecule has 6 nitrogen and oxygen atoms in total. The zero-order valence-corrected chi connectivity index (χ0v) is 16.8. The second-order valence-electron chi connectivity index (χ2n) is 6.93. The van der Waals surface area contributed by atoms with Crippen LogP contribution in [0.15, 0.2) is 48.7 Å². The van der Waals surface area contributed by atoms with Gasteiger partial charge in [-0.3, -0.25) is 9.59 Å². The topological polar surface area (TPSA) is 74.4 Å². The van der Waals surface area contributed by atoms with Gasteiger partial charge in [-0.1, -0.05) is 23.7 Å². The van der Waals surface area contributed by atoms with Crippen molar-refractivity contribution in [3.05, 3.63) is 59.2 Å². The third-order valence-corrected chi connectivity index (χ3v) is 5.30. The molecule has 0 bridgehead atoms. The van der Waals surface area contributed by atoms with Crippen molar-refractivity contribution in [3.63, 3.8) is 0 Å². The number of H-pyrrole nitrogens is 1. The van der Waals surface area contributed by atoms with E-state index in [9.17, 15) is 9.59 Å². The number of aromatic nitrogens is 1. The van der Waals surface area contributed by atoms with E-state index in [4.69, 9.17) is 16.3 Å². The highest BCUT2D eigenvalue weighted by molar-refractivity contribution is 6.31. The third kappa shape index (κ3) is 3.86. The van der Waals surface area contributed by atoms with E-state index in [1.165, 1.54) is 4.90 Å². The first kappa shape index (κ1) is 19.5. The first-order valence-electron chi connectivity index (χ1n) is 9.66. The molecule has 3 aromatic rings. The fourth-order valence-corrected chi connectivity index (χ4v) is 3.87. The summed E-state index contributed by atoms with van der Waals surface area (Å²) in [4.78, 5) is 29.9. The number of hydrogen-bond acceptors (Lipinski definition) is 4. The van der Waals surface area contributed by atoms with E-state index in [2.05, 4.69) is 10.3 Å². The molecule has 1 fully saturated rings. The number of anilines is 1. The van der Waals surface area contributed by atoms with Crippen LogP contribution in [0.1, 0.15) is 18.9 Å². The highest BCUT2D eigenvalue weighted by Gasteiger charge is 2.40. The Hall–Kier alpha value is -2.83. The molecule has 1 aromatic heterocycles. The molecule has 1 saturated heterocycles. The summed E-state index contributed by atoms with van der Waals surface area (Å²) in [6.45, 7) is 2.90. The van der Waals surface area contributed by atoms with E-state index in [1.54, 1.807) is 18.2 Å². The summed E-state index contributed by atoms with van der Waals surface area (Å²) in [5, 5.41) is 4.99. The lowest BCUT2D eigenvalue weighted by atomic mass is 10.1. The monoisotopic (exact) mass is 411 g/mol. The summed E-state index contributed by atoms with van der Waals surface area (Å²) in [5.41, 5.74) is 2.64. The lowest BCUT2D eigenvalue weighted by Gasteiger charge is -2.18. The molecule has 7 heteroatoms. The number of carbonyl (C=O) groups excluding carboxylic acids is 2. The van der Waals surface area contributed by atoms with Crippen molar-refractivity contribution in [2.24, 2.45) is 0 Å². The first-order chi connectivity index (χ1) is 14.1. The van der Waals surface area contributed by atoms with E-state index < -0.39 is 6.04 Å². The summed E-state index contributed by atoms with van der Waals surface area (Å²) in [5.74, 6) is 0.0654. The summed E-state index contributed by atoms with van der Waals surface area (Å²) in [6.07, 6.45) is 2.81. The SMILES string of the molecule is CCOc1ccccc1N1C(=O)CC(NCCc2c[nH]c3ccc(Cl)cc23)C1=O. The molecule has 2 amide bonds. The largest absolute Gasteiger partial charge is 0.492 e. The molecule has 0 saturated carbocycles. The Morgan fingerprint density at radius 2 is 2.07 bits per heavy atom. The summed E-state index contributed by atoms with van der Waals surface area (Å²) < 4.78 is 5.58. The Balaban J connectivity index is 1.43. The van der Waals surface area contributed by atoms with Crippen LogP contribution in [0.25, 0.3) is 10.9 Å². The van der Waals surface area contributed by atoms with Gasteiger partial charge in [0.05, 0.1) is 24.8 Å². The van der Waals surface area contributed by atoms with E-state index in [0.717, 1.165) is 16.5 Å². The molecule has 1 aliphatic heterocycles. The van der Waals surface area contributed by atoms with Gasteiger partial charge in [-0.15, -0.1) is 0 Å². The van der Waals surface area contributed by atoms with Gasteiger partial charge >= 0.3 is 0 Å². The molecular formula is C22H22ClN3O3. The minimum absolute atomic E-state index is 0.138. The first-order valence-corrected chi connectivity index (χ1v) is 10.0. The van der Waals surface area contributed by atoms with Gasteiger partial charge in [-0.05, 0) is 49.2 Å². The number of imide groups is 1. The van der Waals surface area contributed by atoms with Gasteiger partial charge in [0, 0.05) is 28.7 Å². The van der Waals surface area contributed by atoms with E-state index in [1.807, 2.05) is 37.4 Å². The number of ether oxygens (including phenoxy) is 1. The predicted octanol–water partition coefficient (Wildman–Crippen LogP) is 3.68. The number of hydrogen-bond donors (Lipinski definition) is 2. The highest BCUT2D eigenvalue weighted by Crippen LogP contribution is 2.32. The van der Waals surface area contributed by atoms with E-state index in [-0.39, 0.29) is 18.2 Å². The van der Waals surface area contributed by atoms with Crippen molar-refractivity contribution in [1.82, 2.24) is 10.3 Å². The summed E-state index contributed by atoms with van der Waals surface area (Å²) in [7, 11) is 0. The molecule has 0 aliphatic carbocycles. The average Bonchev–Trinajstić information content (AvgIpc) is 3.23. The van der Waals surface area contributed by atoms with Crippen LogP contribution in [-0.4, -0.2) is 36.0 Å². The maximum Gasteiger partial charge on any atom is 0.251 e. The highest BCUT2D eigenvalue weighted by atomic mass is 35.5. The standard InChI is InChI=1S/C22H22ClN3O3/c1-2-29-20-6-4-3-5-19(20)26-21(27)12-18(22(26)28)24-10-9-14-13-25-17-8-7-15(23)11-16(14)17/h3-8,11,13,18,24-25H,2,9-10,12H2,1H3. The smallest absolute Gasteiger partial charge is 0.251 e. The fourth-order valence-electron chi connectivity index (χ4n) is 3.70. The number of amides is 2. The number of nitrogens with one attached hydrogen (secondary N) is 2. The lowest BCUT2D eigenvalue weighted by Crippen LogP contribution is -2.39. The number of benzene rings is 2. The zero-order valence-electron chi connectivity index (χ0n) is 16.1. The van der Waals surface area contributed by atoms with Gasteiger partial charge in [0.2, 0.25) is 5.91 Å². The van der Waals surface area contributed by atoms with Crippen molar-refractivity contribution in [2.45, 2.75) is 25.8 Å². The van der Waals surface area contributed by atoms with Crippen LogP contribution in [0.2, 0.25) is 5.02 Å². The number of halogens is 1. The number of carbonyl (C=O) groups is 2. The van der Waals surface area contributed by atoms with Crippen LogP contribution in [0.4, 0.5) is 5.69 Å². The van der Waals surface area contributed by atoms with Gasteiger partial charge in [-0.2, -0.15) is 0 Å². The Bertz CT molecular complexity index is 1060. The number of fused-ring (bicyclic) bond motifs is 1. The summed E-state index contributed by atoms with van der Waals surface area (Å²) >= 11 is 6.10. The molecule has 2 aromatic carbocycles. The van der Waals surface area contributed by atoms with Crippen LogP contribution < -0.4 is 15.0 Å². The Labute approximate surface area is 173 Å². The van der Waals surface area contributed by atoms with Crippen LogP contribution in [0.5, 0.6) is 5.75 Å². The third-order valence-electron chi connectivity index (χ3n) is 5.07. The van der Waals surface area contributed by atoms with Gasteiger partial charge in [0.1, 0.15) is 5.75 Å². The Morgan fingerprint density at radius 3 is 2.90 bits per heavy atom. The quantitative estimate of drug-likeness (QED) is 0.581. The molecule has 150 valence electrons. The van der Waals surface area contributed by atoms with Crippen molar-refractivity contribution in [1.29, 1.82) is 0 Å². The number of rotatable bonds is 7. The lowest BCUT2D eigenvalue weighted by molar-refractivity contribution is -0.121. The van der Waals surface area contributed by atoms with Crippen molar-refractivity contribution < 1.29 is 14.3 Å². The van der Waals surface area contributed by atoms with Crippen molar-refractivity contribution in [3.8, 4) is 5.75 Å². The minimum Gasteiger partial charge on any atom is -0.492 e.